The van der Waals surface area contributed by atoms with E-state index >= 15 is 0 Å². The number of hydrogen-bond acceptors (Lipinski definition) is 5. The summed E-state index contributed by atoms with van der Waals surface area (Å²) in [5, 5.41) is 3.17. The van der Waals surface area contributed by atoms with Crippen LogP contribution in [0.25, 0.3) is 0 Å². The van der Waals surface area contributed by atoms with Crippen molar-refractivity contribution in [2.24, 2.45) is 0 Å². The minimum absolute atomic E-state index is 0.144. The Morgan fingerprint density at radius 1 is 1.38 bits per heavy atom. The van der Waals surface area contributed by atoms with Crippen LogP contribution in [-0.4, -0.2) is 31.9 Å². The lowest BCUT2D eigenvalue weighted by Gasteiger charge is -2.35. The van der Waals surface area contributed by atoms with Crippen molar-refractivity contribution in [2.75, 3.05) is 26.9 Å². The van der Waals surface area contributed by atoms with Gasteiger partial charge in [-0.25, -0.2) is 4.98 Å². The van der Waals surface area contributed by atoms with Crippen LogP contribution >= 0.6 is 11.3 Å². The molecule has 120 valence electrons. The maximum Gasteiger partial charge on any atom is 0.434 e. The summed E-state index contributed by atoms with van der Waals surface area (Å²) in [6, 6.07) is 0. The molecule has 2 rings (SSSR count). The van der Waals surface area contributed by atoms with E-state index in [0.717, 1.165) is 11.3 Å². The molecule has 21 heavy (non-hydrogen) atoms. The van der Waals surface area contributed by atoms with Gasteiger partial charge in [0.25, 0.3) is 0 Å². The third-order valence-corrected chi connectivity index (χ3v) is 4.65. The fraction of sp³-hybridized carbons (Fsp3) is 0.769. The fourth-order valence-corrected chi connectivity index (χ4v) is 3.74. The summed E-state index contributed by atoms with van der Waals surface area (Å²) < 4.78 is 50.4. The SMILES string of the molecule is CCOC1(c2nc(C(F)(F)F)c(CNC)s2)CCOCC1. The highest BCUT2D eigenvalue weighted by Gasteiger charge is 2.43. The average molecular weight is 324 g/mol. The van der Waals surface area contributed by atoms with Crippen LogP contribution in [0.4, 0.5) is 13.2 Å². The zero-order valence-corrected chi connectivity index (χ0v) is 12.9. The lowest BCUT2D eigenvalue weighted by atomic mass is 9.95. The van der Waals surface area contributed by atoms with Crippen LogP contribution in [0.5, 0.6) is 0 Å². The van der Waals surface area contributed by atoms with Crippen molar-refractivity contribution in [1.29, 1.82) is 0 Å². The van der Waals surface area contributed by atoms with Gasteiger partial charge in [-0.05, 0) is 14.0 Å². The Balaban J connectivity index is 2.41. The topological polar surface area (TPSA) is 43.4 Å². The number of nitrogens with zero attached hydrogens (tertiary/aromatic N) is 1. The first-order chi connectivity index (χ1) is 9.93. The van der Waals surface area contributed by atoms with E-state index in [-0.39, 0.29) is 11.4 Å². The van der Waals surface area contributed by atoms with Gasteiger partial charge < -0.3 is 14.8 Å². The van der Waals surface area contributed by atoms with E-state index in [1.54, 1.807) is 7.05 Å². The Morgan fingerprint density at radius 2 is 2.05 bits per heavy atom. The average Bonchev–Trinajstić information content (AvgIpc) is 2.85. The third-order valence-electron chi connectivity index (χ3n) is 3.41. The van der Waals surface area contributed by atoms with Gasteiger partial charge >= 0.3 is 6.18 Å². The van der Waals surface area contributed by atoms with Gasteiger partial charge in [0, 0.05) is 39.2 Å². The van der Waals surface area contributed by atoms with Crippen LogP contribution in [-0.2, 0) is 27.8 Å². The van der Waals surface area contributed by atoms with Crippen LogP contribution in [0, 0.1) is 0 Å². The number of aromatic nitrogens is 1. The number of alkyl halides is 3. The van der Waals surface area contributed by atoms with E-state index < -0.39 is 17.5 Å². The van der Waals surface area contributed by atoms with Crippen molar-refractivity contribution in [1.82, 2.24) is 10.3 Å². The molecule has 1 aliphatic rings. The molecule has 2 heterocycles. The smallest absolute Gasteiger partial charge is 0.381 e. The molecule has 0 amide bonds. The number of nitrogens with one attached hydrogen (secondary N) is 1. The largest absolute Gasteiger partial charge is 0.434 e. The number of thiazole rings is 1. The van der Waals surface area contributed by atoms with Crippen molar-refractivity contribution in [3.05, 3.63) is 15.6 Å². The van der Waals surface area contributed by atoms with Gasteiger partial charge in [-0.3, -0.25) is 0 Å². The Hall–Kier alpha value is -0.700. The summed E-state index contributed by atoms with van der Waals surface area (Å²) in [7, 11) is 1.62. The summed E-state index contributed by atoms with van der Waals surface area (Å²) in [6.07, 6.45) is -3.38. The van der Waals surface area contributed by atoms with Crippen LogP contribution in [0.15, 0.2) is 0 Å². The predicted molar refractivity (Wildman–Crippen MR) is 73.2 cm³/mol. The fourth-order valence-electron chi connectivity index (χ4n) is 2.45. The van der Waals surface area contributed by atoms with Gasteiger partial charge in [0.05, 0.1) is 4.88 Å². The highest BCUT2D eigenvalue weighted by molar-refractivity contribution is 7.11. The highest BCUT2D eigenvalue weighted by atomic mass is 32.1. The van der Waals surface area contributed by atoms with Gasteiger partial charge in [0.15, 0.2) is 5.69 Å². The maximum atomic E-state index is 13.1. The Morgan fingerprint density at radius 3 is 2.57 bits per heavy atom. The van der Waals surface area contributed by atoms with Crippen LogP contribution in [0.2, 0.25) is 0 Å². The zero-order valence-electron chi connectivity index (χ0n) is 12.0. The van der Waals surface area contributed by atoms with Gasteiger partial charge in [-0.2, -0.15) is 13.2 Å². The van der Waals surface area contributed by atoms with Crippen LogP contribution in [0.1, 0.15) is 35.3 Å². The van der Waals surface area contributed by atoms with Crippen LogP contribution in [0.3, 0.4) is 0 Å². The zero-order chi connectivity index (χ0) is 15.5. The van der Waals surface area contributed by atoms with Gasteiger partial charge in [-0.15, -0.1) is 11.3 Å². The molecule has 0 radical (unpaired) electrons. The second-order valence-electron chi connectivity index (χ2n) is 4.86. The van der Waals surface area contributed by atoms with Gasteiger partial charge in [-0.1, -0.05) is 0 Å². The summed E-state index contributed by atoms with van der Waals surface area (Å²) in [6.45, 7) is 3.36. The van der Waals surface area contributed by atoms with Crippen molar-refractivity contribution in [3.63, 3.8) is 0 Å². The Labute approximate surface area is 125 Å². The lowest BCUT2D eigenvalue weighted by molar-refractivity contribution is -0.142. The third kappa shape index (κ3) is 3.56. The molecule has 0 bridgehead atoms. The first-order valence-electron chi connectivity index (χ1n) is 6.86. The molecule has 4 nitrogen and oxygen atoms in total. The van der Waals surface area contributed by atoms with Crippen LogP contribution < -0.4 is 5.32 Å². The minimum Gasteiger partial charge on any atom is -0.381 e. The second kappa shape index (κ2) is 6.60. The Bertz CT molecular complexity index is 465. The molecule has 1 aliphatic heterocycles. The van der Waals surface area contributed by atoms with E-state index in [1.807, 2.05) is 6.92 Å². The highest BCUT2D eigenvalue weighted by Crippen LogP contribution is 2.42. The molecular weight excluding hydrogens is 305 g/mol. The molecule has 1 fully saturated rings. The number of hydrogen-bond donors (Lipinski definition) is 1. The van der Waals surface area contributed by atoms with E-state index in [9.17, 15) is 13.2 Å². The van der Waals surface area contributed by atoms with Crippen molar-refractivity contribution >= 4 is 11.3 Å². The summed E-state index contributed by atoms with van der Waals surface area (Å²) in [5.41, 5.74) is -1.55. The maximum absolute atomic E-state index is 13.1. The second-order valence-corrected chi connectivity index (χ2v) is 5.94. The number of ether oxygens (including phenoxy) is 2. The predicted octanol–water partition coefficient (Wildman–Crippen LogP) is 2.92. The lowest BCUT2D eigenvalue weighted by Crippen LogP contribution is -2.36. The standard InChI is InChI=1S/C13H19F3N2O2S/c1-3-20-12(4-6-19-7-5-12)11-18-10(13(14,15)16)9(21-11)8-17-2/h17H,3-8H2,1-2H3. The number of rotatable bonds is 5. The summed E-state index contributed by atoms with van der Waals surface area (Å²) in [5.74, 6) is 0. The summed E-state index contributed by atoms with van der Waals surface area (Å²) >= 11 is 1.08. The molecule has 1 aromatic heterocycles. The van der Waals surface area contributed by atoms with Gasteiger partial charge in [0.2, 0.25) is 0 Å². The molecule has 0 aliphatic carbocycles. The Kier molecular flexibility index (Phi) is 5.24. The first kappa shape index (κ1) is 16.7. The molecular formula is C13H19F3N2O2S. The molecule has 0 unspecified atom stereocenters. The molecule has 1 N–H and O–H groups in total. The van der Waals surface area contributed by atoms with E-state index in [0.29, 0.717) is 37.7 Å². The van der Waals surface area contributed by atoms with Gasteiger partial charge in [0.1, 0.15) is 10.6 Å². The quantitative estimate of drug-likeness (QED) is 0.904. The van der Waals surface area contributed by atoms with E-state index in [2.05, 4.69) is 10.3 Å². The van der Waals surface area contributed by atoms with Crippen molar-refractivity contribution in [3.8, 4) is 0 Å². The molecule has 0 saturated carbocycles. The summed E-state index contributed by atoms with van der Waals surface area (Å²) in [4.78, 5) is 4.09. The van der Waals surface area contributed by atoms with E-state index in [4.69, 9.17) is 9.47 Å². The van der Waals surface area contributed by atoms with Crippen molar-refractivity contribution in [2.45, 2.75) is 38.1 Å². The molecule has 1 saturated heterocycles. The first-order valence-corrected chi connectivity index (χ1v) is 7.68. The number of halogens is 3. The molecule has 0 spiro atoms. The normalized spacial score (nSPS) is 18.9. The molecule has 0 aromatic carbocycles. The molecule has 1 aromatic rings. The monoisotopic (exact) mass is 324 g/mol. The molecule has 0 atom stereocenters. The minimum atomic E-state index is -4.44. The van der Waals surface area contributed by atoms with Crippen molar-refractivity contribution < 1.29 is 22.6 Å². The van der Waals surface area contributed by atoms with E-state index in [1.165, 1.54) is 0 Å². The molecule has 8 heteroatoms.